The fraction of sp³-hybridized carbons (Fsp3) is 0.300. The second-order valence-electron chi connectivity index (χ2n) is 14.5. The Hall–Kier alpha value is -5.57. The number of anilines is 1. The monoisotopic (exact) mass is 749 g/mol. The number of hydrogen-bond acceptors (Lipinski definition) is 8. The summed E-state index contributed by atoms with van der Waals surface area (Å²) >= 11 is 0. The molecule has 1 N–H and O–H groups in total. The van der Waals surface area contributed by atoms with Gasteiger partial charge in [-0.3, -0.25) is 24.5 Å². The third-order valence-corrected chi connectivity index (χ3v) is 13.1. The topological polar surface area (TPSA) is 148 Å². The molecule has 4 aromatic carbocycles. The van der Waals surface area contributed by atoms with Crippen LogP contribution < -0.4 is 10.5 Å². The molecule has 14 heteroatoms. The Morgan fingerprint density at radius 3 is 2.41 bits per heavy atom. The average molecular weight is 750 g/mol. The molecule has 3 heterocycles. The molecule has 7 rings (SSSR count). The first-order valence-electron chi connectivity index (χ1n) is 17.8. The summed E-state index contributed by atoms with van der Waals surface area (Å²) in [7, 11) is -3.66. The molecular formula is C40H40FN5O7Si. The van der Waals surface area contributed by atoms with Gasteiger partial charge in [-0.1, -0.05) is 67.6 Å². The van der Waals surface area contributed by atoms with Gasteiger partial charge in [-0.15, -0.1) is 0 Å². The van der Waals surface area contributed by atoms with Gasteiger partial charge in [-0.2, -0.15) is 9.78 Å². The smallest absolute Gasteiger partial charge is 0.279 e. The van der Waals surface area contributed by atoms with Gasteiger partial charge in [-0.05, 0) is 48.5 Å². The number of non-ortho nitro benzene ring substituents is 1. The molecular weight excluding hydrogens is 710 g/mol. The summed E-state index contributed by atoms with van der Waals surface area (Å²) in [5, 5.41) is 27.4. The molecule has 2 aliphatic heterocycles. The number of halogens is 1. The maximum Gasteiger partial charge on any atom is 0.279 e. The van der Waals surface area contributed by atoms with Gasteiger partial charge >= 0.3 is 0 Å². The number of fused-ring (bicyclic) bond motifs is 3. The molecule has 5 aromatic rings. The van der Waals surface area contributed by atoms with E-state index in [1.54, 1.807) is 49.5 Å². The number of aliphatic hydroxyl groups is 1. The molecule has 12 nitrogen and oxygen atoms in total. The number of nitrogens with zero attached hydrogens (tertiary/aromatic N) is 5. The van der Waals surface area contributed by atoms with E-state index in [-0.39, 0.29) is 55.4 Å². The van der Waals surface area contributed by atoms with E-state index in [2.05, 4.69) is 5.10 Å². The molecule has 0 aliphatic carbocycles. The molecule has 0 saturated carbocycles. The molecule has 54 heavy (non-hydrogen) atoms. The Kier molecular flexibility index (Phi) is 9.77. The van der Waals surface area contributed by atoms with Gasteiger partial charge in [0.15, 0.2) is 5.60 Å². The largest absolute Gasteiger partial charge is 0.395 e. The van der Waals surface area contributed by atoms with Gasteiger partial charge in [0.2, 0.25) is 14.3 Å². The maximum absolute atomic E-state index is 16.5. The number of aromatic nitrogens is 2. The molecule has 0 bridgehead atoms. The maximum atomic E-state index is 16.5. The first kappa shape index (κ1) is 36.8. The van der Waals surface area contributed by atoms with Crippen LogP contribution in [0.25, 0.3) is 16.5 Å². The van der Waals surface area contributed by atoms with Crippen molar-refractivity contribution >= 4 is 42.4 Å². The van der Waals surface area contributed by atoms with Gasteiger partial charge in [0, 0.05) is 47.6 Å². The Morgan fingerprint density at radius 2 is 1.72 bits per heavy atom. The van der Waals surface area contributed by atoms with Crippen molar-refractivity contribution in [2.24, 2.45) is 5.92 Å². The lowest BCUT2D eigenvalue weighted by molar-refractivity contribution is -0.385. The molecule has 278 valence electrons. The van der Waals surface area contributed by atoms with Crippen LogP contribution >= 0.6 is 0 Å². The van der Waals surface area contributed by atoms with Crippen molar-refractivity contribution in [2.75, 3.05) is 18.1 Å². The molecule has 1 saturated heterocycles. The summed E-state index contributed by atoms with van der Waals surface area (Å²) in [5.74, 6) is -1.65. The Labute approximate surface area is 311 Å². The third-order valence-electron chi connectivity index (χ3n) is 10.7. The number of aliphatic hydroxyl groups excluding tert-OH is 1. The number of benzene rings is 4. The van der Waals surface area contributed by atoms with E-state index in [1.807, 2.05) is 42.5 Å². The highest BCUT2D eigenvalue weighted by Gasteiger charge is 2.67. The van der Waals surface area contributed by atoms with E-state index in [9.17, 15) is 29.6 Å². The molecule has 4 atom stereocenters. The lowest BCUT2D eigenvalue weighted by Gasteiger charge is -2.31. The number of hydrogen-bond donors (Lipinski definition) is 1. The summed E-state index contributed by atoms with van der Waals surface area (Å²) in [6.45, 7) is 4.81. The van der Waals surface area contributed by atoms with Crippen molar-refractivity contribution < 1.29 is 28.5 Å². The van der Waals surface area contributed by atoms with E-state index >= 15 is 4.11 Å². The highest BCUT2D eigenvalue weighted by Crippen LogP contribution is 2.60. The number of ether oxygens (including phenoxy) is 1. The standard InChI is InChI=1S/C40H40FN5O7Si/c1-26-37(54(2,3)41)35(22-36(48)43(19-20-47)24-27-9-5-4-6-10-27)53-40(26)33-21-31(46(51)52)17-18-34(33)44(39(40)50)25-28-13-15-30(16-14-28)45-38(49)32-12-8-7-11-29(32)23-42-45/h4-18,21,23,26,35,37,47H,19-20,22,24-25H2,1-3H3/t26-,35+,37-,40+/m1/s1. The SMILES string of the molecule is C[C@@H]1[C@@H]([Si](C)(C)F)[C@H](CC(=O)N(CCO)Cc2ccccc2)O[C@@]12C(=O)N(Cc1ccc(-n3ncc4ccccc4c3=O)cc1)c1ccc([N+](=O)[O-])cc12. The zero-order valence-electron chi connectivity index (χ0n) is 30.1. The van der Waals surface area contributed by atoms with Crippen LogP contribution in [0.5, 0.6) is 0 Å². The molecule has 0 radical (unpaired) electrons. The molecule has 2 amide bonds. The van der Waals surface area contributed by atoms with Crippen LogP contribution in [0.15, 0.2) is 108 Å². The second-order valence-corrected chi connectivity index (χ2v) is 18.3. The Balaban J connectivity index is 1.22. The predicted molar refractivity (Wildman–Crippen MR) is 203 cm³/mol. The molecule has 2 aliphatic rings. The van der Waals surface area contributed by atoms with Gasteiger partial charge < -0.3 is 23.8 Å². The van der Waals surface area contributed by atoms with E-state index in [1.165, 1.54) is 45.8 Å². The predicted octanol–water partition coefficient (Wildman–Crippen LogP) is 6.03. The number of carbonyl (C=O) groups is 2. The quantitative estimate of drug-likeness (QED) is 0.0746. The number of nitro groups is 1. The summed E-state index contributed by atoms with van der Waals surface area (Å²) in [4.78, 5) is 56.4. The zero-order chi connectivity index (χ0) is 38.4. The fourth-order valence-corrected chi connectivity index (χ4v) is 10.7. The van der Waals surface area contributed by atoms with Crippen LogP contribution in [-0.2, 0) is 33.0 Å². The normalized spacial score (nSPS) is 20.8. The van der Waals surface area contributed by atoms with E-state index in [0.29, 0.717) is 22.3 Å². The van der Waals surface area contributed by atoms with Crippen LogP contribution in [-0.4, -0.2) is 64.2 Å². The van der Waals surface area contributed by atoms with Crippen molar-refractivity contribution in [3.05, 3.63) is 140 Å². The van der Waals surface area contributed by atoms with E-state index in [4.69, 9.17) is 4.74 Å². The Morgan fingerprint density at radius 1 is 1.02 bits per heavy atom. The summed E-state index contributed by atoms with van der Waals surface area (Å²) in [5.41, 5.74) is -0.426. The first-order chi connectivity index (χ1) is 25.8. The van der Waals surface area contributed by atoms with Gasteiger partial charge in [-0.25, -0.2) is 0 Å². The van der Waals surface area contributed by atoms with Crippen molar-refractivity contribution in [3.63, 3.8) is 0 Å². The van der Waals surface area contributed by atoms with Crippen LogP contribution in [0.3, 0.4) is 0 Å². The second kappa shape index (κ2) is 14.3. The van der Waals surface area contributed by atoms with Crippen LogP contribution in [0, 0.1) is 16.0 Å². The highest BCUT2D eigenvalue weighted by atomic mass is 28.4. The van der Waals surface area contributed by atoms with E-state index in [0.717, 1.165) is 10.9 Å². The number of carbonyl (C=O) groups excluding carboxylic acids is 2. The number of nitro benzene ring substituents is 1. The molecule has 0 unspecified atom stereocenters. The first-order valence-corrected chi connectivity index (χ1v) is 20.8. The lowest BCUT2D eigenvalue weighted by Crippen LogP contribution is -2.45. The Bertz CT molecular complexity index is 2300. The van der Waals surface area contributed by atoms with E-state index < -0.39 is 42.4 Å². The minimum atomic E-state index is -3.66. The zero-order valence-corrected chi connectivity index (χ0v) is 31.1. The highest BCUT2D eigenvalue weighted by molar-refractivity contribution is 6.72. The van der Waals surface area contributed by atoms with Crippen LogP contribution in [0.1, 0.15) is 30.0 Å². The summed E-state index contributed by atoms with van der Waals surface area (Å²) in [6, 6.07) is 27.6. The fourth-order valence-electron chi connectivity index (χ4n) is 8.22. The van der Waals surface area contributed by atoms with Crippen molar-refractivity contribution in [3.8, 4) is 5.69 Å². The average Bonchev–Trinajstić information content (AvgIpc) is 3.58. The van der Waals surface area contributed by atoms with Crippen molar-refractivity contribution in [1.82, 2.24) is 14.7 Å². The summed E-state index contributed by atoms with van der Waals surface area (Å²) in [6.07, 6.45) is 0.360. The van der Waals surface area contributed by atoms with Gasteiger partial charge in [0.25, 0.3) is 17.2 Å². The molecule has 1 spiro atoms. The third kappa shape index (κ3) is 6.50. The molecule has 1 aromatic heterocycles. The minimum absolute atomic E-state index is 0.0495. The van der Waals surface area contributed by atoms with Crippen LogP contribution in [0.2, 0.25) is 18.6 Å². The van der Waals surface area contributed by atoms with Gasteiger partial charge in [0.1, 0.15) is 0 Å². The van der Waals surface area contributed by atoms with Crippen molar-refractivity contribution in [2.45, 2.75) is 56.8 Å². The van der Waals surface area contributed by atoms with Crippen LogP contribution in [0.4, 0.5) is 15.5 Å². The number of amides is 2. The molecule has 1 fully saturated rings. The number of rotatable bonds is 11. The lowest BCUT2D eigenvalue weighted by atomic mass is 9.82. The summed E-state index contributed by atoms with van der Waals surface area (Å²) < 4.78 is 24.5. The minimum Gasteiger partial charge on any atom is -0.395 e. The van der Waals surface area contributed by atoms with Gasteiger partial charge in [0.05, 0.1) is 53.6 Å². The van der Waals surface area contributed by atoms with Crippen molar-refractivity contribution in [1.29, 1.82) is 0 Å².